The summed E-state index contributed by atoms with van der Waals surface area (Å²) in [5.41, 5.74) is 0.753. The van der Waals surface area contributed by atoms with Crippen LogP contribution in [-0.2, 0) is 6.42 Å². The van der Waals surface area contributed by atoms with Crippen molar-refractivity contribution >= 4 is 28.3 Å². The predicted molar refractivity (Wildman–Crippen MR) is 90.0 cm³/mol. The summed E-state index contributed by atoms with van der Waals surface area (Å²) in [6.07, 6.45) is 0.699. The molecule has 1 N–H and O–H groups in total. The van der Waals surface area contributed by atoms with Crippen LogP contribution in [-0.4, -0.2) is 37.4 Å². The monoisotopic (exact) mass is 391 g/mol. The van der Waals surface area contributed by atoms with E-state index < -0.39 is 0 Å². The quantitative estimate of drug-likeness (QED) is 0.815. The first-order valence-corrected chi connectivity index (χ1v) is 7.30. The third-order valence-corrected chi connectivity index (χ3v) is 3.92. The molecule has 0 aliphatic rings. The number of hydrogen-bond donors (Lipinski definition) is 1. The van der Waals surface area contributed by atoms with Gasteiger partial charge in [-0.05, 0) is 42.0 Å². The maximum Gasteiger partial charge on any atom is 0.258 e. The van der Waals surface area contributed by atoms with Gasteiger partial charge in [-0.1, -0.05) is 5.16 Å². The van der Waals surface area contributed by atoms with E-state index in [0.717, 1.165) is 10.0 Å². The molecule has 0 aliphatic heterocycles. The summed E-state index contributed by atoms with van der Waals surface area (Å²) >= 11 is 3.43. The Morgan fingerprint density at radius 2 is 1.86 bits per heavy atom. The molecule has 8 heteroatoms. The highest BCUT2D eigenvalue weighted by Gasteiger charge is 2.16. The van der Waals surface area contributed by atoms with Gasteiger partial charge in [0.1, 0.15) is 16.0 Å². The number of likely N-dealkylation sites (N-methyl/N-ethyl adjacent to an activating group) is 1. The van der Waals surface area contributed by atoms with Crippen LogP contribution < -0.4 is 14.8 Å². The maximum absolute atomic E-state index is 5.32. The van der Waals surface area contributed by atoms with Crippen molar-refractivity contribution in [1.29, 1.82) is 0 Å². The van der Waals surface area contributed by atoms with E-state index in [4.69, 9.17) is 14.0 Å². The Labute approximate surface area is 144 Å². The Morgan fingerprint density at radius 3 is 2.36 bits per heavy atom. The Kier molecular flexibility index (Phi) is 7.12. The smallest absolute Gasteiger partial charge is 0.258 e. The molecule has 1 unspecified atom stereocenters. The molecule has 1 heterocycles. The van der Waals surface area contributed by atoms with Crippen LogP contribution in [0.3, 0.4) is 0 Å². The second-order valence-electron chi connectivity index (χ2n) is 4.60. The molecule has 2 rings (SSSR count). The number of nitrogens with one attached hydrogen (secondary N) is 1. The molecular formula is C14H19BrClN3O3. The van der Waals surface area contributed by atoms with Crippen molar-refractivity contribution < 1.29 is 14.0 Å². The Hall–Kier alpha value is -1.31. The van der Waals surface area contributed by atoms with E-state index in [1.807, 2.05) is 19.2 Å². The highest BCUT2D eigenvalue weighted by molar-refractivity contribution is 9.10. The first-order chi connectivity index (χ1) is 10.1. The molecule has 0 fully saturated rings. The zero-order chi connectivity index (χ0) is 15.4. The van der Waals surface area contributed by atoms with Crippen LogP contribution in [0, 0.1) is 0 Å². The Morgan fingerprint density at radius 1 is 1.27 bits per heavy atom. The molecule has 1 atom stereocenters. The first-order valence-electron chi connectivity index (χ1n) is 6.50. The van der Waals surface area contributed by atoms with E-state index in [1.165, 1.54) is 0 Å². The van der Waals surface area contributed by atoms with Crippen molar-refractivity contribution in [2.75, 3.05) is 21.3 Å². The minimum Gasteiger partial charge on any atom is -0.495 e. The van der Waals surface area contributed by atoms with Gasteiger partial charge in [-0.2, -0.15) is 4.98 Å². The van der Waals surface area contributed by atoms with E-state index in [-0.39, 0.29) is 18.4 Å². The molecule has 22 heavy (non-hydrogen) atoms. The minimum absolute atomic E-state index is 0. The molecule has 122 valence electrons. The van der Waals surface area contributed by atoms with Gasteiger partial charge in [0.2, 0.25) is 0 Å². The average molecular weight is 393 g/mol. The standard InChI is InChI=1S/C14H18BrN3O3.ClH/c1-8(16-2)5-12-17-14(21-18-12)9-6-10(19-3)13(15)11(7-9)20-4;/h6-8,16H,5H2,1-4H3;1H. The highest BCUT2D eigenvalue weighted by Crippen LogP contribution is 2.38. The first kappa shape index (κ1) is 18.7. The zero-order valence-electron chi connectivity index (χ0n) is 12.8. The van der Waals surface area contributed by atoms with Gasteiger partial charge >= 0.3 is 0 Å². The van der Waals surface area contributed by atoms with Gasteiger partial charge in [-0.15, -0.1) is 12.4 Å². The topological polar surface area (TPSA) is 69.4 Å². The van der Waals surface area contributed by atoms with Gasteiger partial charge in [-0.3, -0.25) is 0 Å². The average Bonchev–Trinajstić information content (AvgIpc) is 2.95. The lowest BCUT2D eigenvalue weighted by Gasteiger charge is -2.09. The lowest BCUT2D eigenvalue weighted by atomic mass is 10.2. The van der Waals surface area contributed by atoms with E-state index in [9.17, 15) is 0 Å². The number of benzene rings is 1. The van der Waals surface area contributed by atoms with Crippen LogP contribution in [0.2, 0.25) is 0 Å². The molecule has 0 amide bonds. The number of methoxy groups -OCH3 is 2. The molecule has 1 aromatic heterocycles. The molecule has 0 bridgehead atoms. The van der Waals surface area contributed by atoms with Crippen molar-refractivity contribution in [3.63, 3.8) is 0 Å². The van der Waals surface area contributed by atoms with Crippen LogP contribution in [0.5, 0.6) is 11.5 Å². The van der Waals surface area contributed by atoms with Crippen molar-refractivity contribution in [3.8, 4) is 23.0 Å². The number of nitrogens with zero attached hydrogens (tertiary/aromatic N) is 2. The fraction of sp³-hybridized carbons (Fsp3) is 0.429. The second-order valence-corrected chi connectivity index (χ2v) is 5.40. The summed E-state index contributed by atoms with van der Waals surface area (Å²) in [6.45, 7) is 2.06. The minimum atomic E-state index is 0. The van der Waals surface area contributed by atoms with E-state index in [0.29, 0.717) is 29.6 Å². The number of hydrogen-bond acceptors (Lipinski definition) is 6. The SMILES string of the molecule is CNC(C)Cc1noc(-c2cc(OC)c(Br)c(OC)c2)n1.Cl. The molecular weight excluding hydrogens is 374 g/mol. The van der Waals surface area contributed by atoms with E-state index in [1.54, 1.807) is 14.2 Å². The van der Waals surface area contributed by atoms with Crippen LogP contribution in [0.15, 0.2) is 21.1 Å². The number of ether oxygens (including phenoxy) is 2. The van der Waals surface area contributed by atoms with Crippen LogP contribution in [0.25, 0.3) is 11.5 Å². The Bertz CT molecular complexity index is 596. The second kappa shape index (κ2) is 8.36. The Balaban J connectivity index is 0.00000242. The fourth-order valence-electron chi connectivity index (χ4n) is 1.82. The maximum atomic E-state index is 5.32. The summed E-state index contributed by atoms with van der Waals surface area (Å²) < 4.78 is 16.7. The summed E-state index contributed by atoms with van der Waals surface area (Å²) in [5, 5.41) is 7.13. The highest BCUT2D eigenvalue weighted by atomic mass is 79.9. The van der Waals surface area contributed by atoms with Crippen molar-refractivity contribution in [1.82, 2.24) is 15.5 Å². The van der Waals surface area contributed by atoms with Gasteiger partial charge in [0.15, 0.2) is 5.82 Å². The molecule has 1 aromatic carbocycles. The molecule has 6 nitrogen and oxygen atoms in total. The van der Waals surface area contributed by atoms with Gasteiger partial charge < -0.3 is 19.3 Å². The van der Waals surface area contributed by atoms with Crippen molar-refractivity contribution in [2.24, 2.45) is 0 Å². The van der Waals surface area contributed by atoms with Crippen LogP contribution in [0.1, 0.15) is 12.7 Å². The van der Waals surface area contributed by atoms with Crippen molar-refractivity contribution in [2.45, 2.75) is 19.4 Å². The third kappa shape index (κ3) is 4.12. The molecule has 0 radical (unpaired) electrons. The summed E-state index contributed by atoms with van der Waals surface area (Å²) in [4.78, 5) is 4.40. The molecule has 0 spiro atoms. The molecule has 2 aromatic rings. The zero-order valence-corrected chi connectivity index (χ0v) is 15.2. The van der Waals surface area contributed by atoms with E-state index in [2.05, 4.69) is 38.3 Å². The van der Waals surface area contributed by atoms with Crippen LogP contribution in [0.4, 0.5) is 0 Å². The van der Waals surface area contributed by atoms with E-state index >= 15 is 0 Å². The molecule has 0 saturated carbocycles. The molecule has 0 aliphatic carbocycles. The third-order valence-electron chi connectivity index (χ3n) is 3.14. The van der Waals surface area contributed by atoms with Gasteiger partial charge in [-0.25, -0.2) is 0 Å². The fourth-order valence-corrected chi connectivity index (χ4v) is 2.38. The summed E-state index contributed by atoms with van der Waals surface area (Å²) in [5.74, 6) is 2.39. The predicted octanol–water partition coefficient (Wildman–Crippen LogP) is 3.09. The number of aromatic nitrogens is 2. The van der Waals surface area contributed by atoms with Crippen LogP contribution >= 0.6 is 28.3 Å². The lowest BCUT2D eigenvalue weighted by Crippen LogP contribution is -2.24. The summed E-state index contributed by atoms with van der Waals surface area (Å²) in [6, 6.07) is 3.93. The lowest BCUT2D eigenvalue weighted by molar-refractivity contribution is 0.388. The number of halogens is 2. The van der Waals surface area contributed by atoms with Gasteiger partial charge in [0.25, 0.3) is 5.89 Å². The largest absolute Gasteiger partial charge is 0.495 e. The van der Waals surface area contributed by atoms with Gasteiger partial charge in [0.05, 0.1) is 14.2 Å². The van der Waals surface area contributed by atoms with Crippen molar-refractivity contribution in [3.05, 3.63) is 22.4 Å². The summed E-state index contributed by atoms with van der Waals surface area (Å²) in [7, 11) is 5.09. The normalized spacial score (nSPS) is 11.7. The molecule has 0 saturated heterocycles. The number of rotatable bonds is 6. The van der Waals surface area contributed by atoms with Gasteiger partial charge in [0, 0.05) is 18.0 Å².